The van der Waals surface area contributed by atoms with Gasteiger partial charge in [-0.15, -0.1) is 0 Å². The third-order valence-electron chi connectivity index (χ3n) is 3.52. The summed E-state index contributed by atoms with van der Waals surface area (Å²) in [7, 11) is 0. The molecule has 0 N–H and O–H groups in total. The Morgan fingerprint density at radius 2 is 1.85 bits per heavy atom. The van der Waals surface area contributed by atoms with Gasteiger partial charge in [0.15, 0.2) is 0 Å². The van der Waals surface area contributed by atoms with Gasteiger partial charge < -0.3 is 4.52 Å². The molecule has 0 saturated carbocycles. The van der Waals surface area contributed by atoms with Crippen molar-refractivity contribution in [2.75, 3.05) is 4.90 Å². The number of nitrogens with zero attached hydrogens (tertiary/aromatic N) is 2. The molecular weight excluding hydrogens is 256 g/mol. The second-order valence-corrected chi connectivity index (χ2v) is 5.07. The average Bonchev–Trinajstić information content (AvgIpc) is 2.92. The predicted molar refractivity (Wildman–Crippen MR) is 72.7 cm³/mol. The number of carbonyl (C=O) groups excluding carboxylic acids is 2. The number of ketones is 1. The molecule has 5 nitrogen and oxygen atoms in total. The van der Waals surface area contributed by atoms with Crippen molar-refractivity contribution >= 4 is 17.4 Å². The molecule has 0 unspecified atom stereocenters. The van der Waals surface area contributed by atoms with Gasteiger partial charge in [-0.1, -0.05) is 17.3 Å². The molecule has 1 aliphatic rings. The average molecular weight is 270 g/mol. The monoisotopic (exact) mass is 270 g/mol. The first-order chi connectivity index (χ1) is 9.49. The van der Waals surface area contributed by atoms with E-state index in [-0.39, 0.29) is 6.54 Å². The van der Waals surface area contributed by atoms with Crippen molar-refractivity contribution in [2.45, 2.75) is 27.3 Å². The van der Waals surface area contributed by atoms with Gasteiger partial charge in [0, 0.05) is 6.07 Å². The van der Waals surface area contributed by atoms with Crippen molar-refractivity contribution in [2.24, 2.45) is 0 Å². The summed E-state index contributed by atoms with van der Waals surface area (Å²) >= 11 is 0. The van der Waals surface area contributed by atoms with Crippen LogP contribution in [0.3, 0.4) is 0 Å². The molecule has 1 aromatic heterocycles. The van der Waals surface area contributed by atoms with E-state index in [1.807, 2.05) is 26.0 Å². The Morgan fingerprint density at radius 1 is 1.15 bits per heavy atom. The smallest absolute Gasteiger partial charge is 0.299 e. The van der Waals surface area contributed by atoms with E-state index in [0.29, 0.717) is 22.7 Å². The van der Waals surface area contributed by atoms with Crippen molar-refractivity contribution in [3.05, 3.63) is 46.3 Å². The minimum atomic E-state index is -0.502. The molecular formula is C15H14N2O3. The number of carbonyl (C=O) groups is 2. The van der Waals surface area contributed by atoms with E-state index in [4.69, 9.17) is 4.52 Å². The van der Waals surface area contributed by atoms with Crippen LogP contribution in [0.5, 0.6) is 0 Å². The molecule has 1 aliphatic heterocycles. The summed E-state index contributed by atoms with van der Waals surface area (Å²) < 4.78 is 5.01. The van der Waals surface area contributed by atoms with Gasteiger partial charge in [-0.25, -0.2) is 0 Å². The molecule has 0 atom stereocenters. The Hall–Kier alpha value is -2.43. The lowest BCUT2D eigenvalue weighted by Crippen LogP contribution is -2.29. The first-order valence-corrected chi connectivity index (χ1v) is 6.37. The standard InChI is InChI=1S/C15H14N2O3/c1-8-4-5-9(2)13-12(8)14(18)15(19)17(13)7-11-6-10(3)20-16-11/h4-6H,7H2,1-3H3. The summed E-state index contributed by atoms with van der Waals surface area (Å²) in [5, 5.41) is 3.88. The predicted octanol–water partition coefficient (Wildman–Crippen LogP) is 2.33. The Balaban J connectivity index is 2.08. The summed E-state index contributed by atoms with van der Waals surface area (Å²) in [5.41, 5.74) is 3.57. The van der Waals surface area contributed by atoms with Crippen LogP contribution < -0.4 is 4.90 Å². The van der Waals surface area contributed by atoms with Crippen LogP contribution in [0.25, 0.3) is 0 Å². The molecule has 0 fully saturated rings. The molecule has 102 valence electrons. The maximum Gasteiger partial charge on any atom is 0.299 e. The second kappa shape index (κ2) is 4.30. The van der Waals surface area contributed by atoms with Gasteiger partial charge in [0.2, 0.25) is 0 Å². The van der Waals surface area contributed by atoms with Crippen LogP contribution in [-0.4, -0.2) is 16.8 Å². The molecule has 0 spiro atoms. The lowest BCUT2D eigenvalue weighted by Gasteiger charge is -2.17. The molecule has 0 radical (unpaired) electrons. The molecule has 1 amide bonds. The highest BCUT2D eigenvalue weighted by molar-refractivity contribution is 6.52. The van der Waals surface area contributed by atoms with E-state index in [9.17, 15) is 9.59 Å². The van der Waals surface area contributed by atoms with Gasteiger partial charge in [-0.3, -0.25) is 14.5 Å². The zero-order valence-corrected chi connectivity index (χ0v) is 11.6. The minimum Gasteiger partial charge on any atom is -0.361 e. The molecule has 5 heteroatoms. The van der Waals surface area contributed by atoms with Crippen molar-refractivity contribution in [3.63, 3.8) is 0 Å². The maximum absolute atomic E-state index is 12.2. The Morgan fingerprint density at radius 3 is 2.50 bits per heavy atom. The van der Waals surface area contributed by atoms with E-state index in [2.05, 4.69) is 5.16 Å². The zero-order valence-electron chi connectivity index (χ0n) is 11.6. The molecule has 0 saturated heterocycles. The fourth-order valence-electron chi connectivity index (χ4n) is 2.57. The van der Waals surface area contributed by atoms with Crippen LogP contribution >= 0.6 is 0 Å². The number of hydrogen-bond donors (Lipinski definition) is 0. The van der Waals surface area contributed by atoms with Crippen molar-refractivity contribution in [3.8, 4) is 0 Å². The van der Waals surface area contributed by atoms with Crippen LogP contribution in [0.2, 0.25) is 0 Å². The van der Waals surface area contributed by atoms with Crippen LogP contribution in [0.15, 0.2) is 22.7 Å². The highest BCUT2D eigenvalue weighted by atomic mass is 16.5. The van der Waals surface area contributed by atoms with E-state index in [0.717, 1.165) is 11.1 Å². The zero-order chi connectivity index (χ0) is 14.4. The van der Waals surface area contributed by atoms with E-state index < -0.39 is 11.7 Å². The molecule has 2 heterocycles. The highest BCUT2D eigenvalue weighted by Gasteiger charge is 2.38. The molecule has 2 aromatic rings. The quantitative estimate of drug-likeness (QED) is 0.786. The molecule has 1 aromatic carbocycles. The van der Waals surface area contributed by atoms with Gasteiger partial charge >= 0.3 is 0 Å². The maximum atomic E-state index is 12.2. The Bertz CT molecular complexity index is 731. The number of hydrogen-bond acceptors (Lipinski definition) is 4. The molecule has 0 bridgehead atoms. The second-order valence-electron chi connectivity index (χ2n) is 5.07. The topological polar surface area (TPSA) is 63.4 Å². The largest absolute Gasteiger partial charge is 0.361 e. The Labute approximate surface area is 116 Å². The lowest BCUT2D eigenvalue weighted by molar-refractivity contribution is -0.114. The van der Waals surface area contributed by atoms with Gasteiger partial charge in [-0.05, 0) is 31.9 Å². The summed E-state index contributed by atoms with van der Waals surface area (Å²) in [6.07, 6.45) is 0. The van der Waals surface area contributed by atoms with Gasteiger partial charge in [-0.2, -0.15) is 0 Å². The van der Waals surface area contributed by atoms with Crippen molar-refractivity contribution < 1.29 is 14.1 Å². The highest BCUT2D eigenvalue weighted by Crippen LogP contribution is 2.35. The fraction of sp³-hybridized carbons (Fsp3) is 0.267. The number of Topliss-reactive ketones (excluding diaryl/α,β-unsaturated/α-hetero) is 1. The Kier molecular flexibility index (Phi) is 2.71. The minimum absolute atomic E-state index is 0.249. The summed E-state index contributed by atoms with van der Waals surface area (Å²) in [4.78, 5) is 25.8. The number of aromatic nitrogens is 1. The first kappa shape index (κ1) is 12.6. The lowest BCUT2D eigenvalue weighted by atomic mass is 10.0. The van der Waals surface area contributed by atoms with Gasteiger partial charge in [0.25, 0.3) is 11.7 Å². The normalized spacial score (nSPS) is 14.1. The van der Waals surface area contributed by atoms with Crippen LogP contribution in [-0.2, 0) is 11.3 Å². The first-order valence-electron chi connectivity index (χ1n) is 6.37. The number of amides is 1. The van der Waals surface area contributed by atoms with E-state index >= 15 is 0 Å². The van der Waals surface area contributed by atoms with Gasteiger partial charge in [0.05, 0.1) is 17.8 Å². The molecule has 20 heavy (non-hydrogen) atoms. The van der Waals surface area contributed by atoms with Gasteiger partial charge in [0.1, 0.15) is 11.5 Å². The summed E-state index contributed by atoms with van der Waals surface area (Å²) in [6, 6.07) is 5.55. The summed E-state index contributed by atoms with van der Waals surface area (Å²) in [5.74, 6) is -0.265. The fourth-order valence-corrected chi connectivity index (χ4v) is 2.57. The third-order valence-corrected chi connectivity index (χ3v) is 3.52. The van der Waals surface area contributed by atoms with Crippen molar-refractivity contribution in [1.29, 1.82) is 0 Å². The summed E-state index contributed by atoms with van der Waals surface area (Å²) in [6.45, 7) is 5.77. The molecule has 0 aliphatic carbocycles. The number of aryl methyl sites for hydroxylation is 3. The van der Waals surface area contributed by atoms with Crippen LogP contribution in [0.4, 0.5) is 5.69 Å². The van der Waals surface area contributed by atoms with E-state index in [1.54, 1.807) is 13.0 Å². The van der Waals surface area contributed by atoms with E-state index in [1.165, 1.54) is 4.90 Å². The number of rotatable bonds is 2. The number of benzene rings is 1. The van der Waals surface area contributed by atoms with Crippen LogP contribution in [0.1, 0.15) is 32.9 Å². The number of anilines is 1. The van der Waals surface area contributed by atoms with Crippen molar-refractivity contribution in [1.82, 2.24) is 5.16 Å². The third kappa shape index (κ3) is 1.74. The van der Waals surface area contributed by atoms with Crippen LogP contribution in [0, 0.1) is 20.8 Å². The molecule has 3 rings (SSSR count). The SMILES string of the molecule is Cc1cc(CN2C(=O)C(=O)c3c(C)ccc(C)c32)no1. The number of fused-ring (bicyclic) bond motifs is 1.